The van der Waals surface area contributed by atoms with Gasteiger partial charge in [0.25, 0.3) is 0 Å². The molecule has 3 heteroatoms. The minimum Gasteiger partial charge on any atom is -0.413 e. The Morgan fingerprint density at radius 3 is 2.41 bits per heavy atom. The molecule has 0 radical (unpaired) electrons. The van der Waals surface area contributed by atoms with E-state index in [1.807, 2.05) is 0 Å². The van der Waals surface area contributed by atoms with Gasteiger partial charge in [-0.1, -0.05) is 45.0 Å². The van der Waals surface area contributed by atoms with Crippen molar-refractivity contribution in [1.82, 2.24) is 0 Å². The first-order chi connectivity index (χ1) is 7.84. The van der Waals surface area contributed by atoms with Crippen molar-refractivity contribution in [3.63, 3.8) is 0 Å². The number of benzene rings is 1. The molecule has 0 aliphatic carbocycles. The molecule has 17 heavy (non-hydrogen) atoms. The van der Waals surface area contributed by atoms with Crippen molar-refractivity contribution in [2.75, 3.05) is 0 Å². The Labute approximate surface area is 107 Å². The van der Waals surface area contributed by atoms with E-state index < -0.39 is 9.04 Å². The molecular formula is C14H25NOSi. The van der Waals surface area contributed by atoms with Crippen LogP contribution < -0.4 is 5.73 Å². The Bertz CT molecular complexity index is 357. The van der Waals surface area contributed by atoms with E-state index in [-0.39, 0.29) is 11.5 Å². The van der Waals surface area contributed by atoms with E-state index in [9.17, 15) is 0 Å². The fourth-order valence-electron chi connectivity index (χ4n) is 1.94. The Hall–Kier alpha value is -0.643. The van der Waals surface area contributed by atoms with Gasteiger partial charge in [0.2, 0.25) is 0 Å². The van der Waals surface area contributed by atoms with E-state index in [0.29, 0.717) is 6.54 Å². The molecule has 1 aromatic rings. The summed E-state index contributed by atoms with van der Waals surface area (Å²) in [6.07, 6.45) is 0.167. The molecule has 96 valence electrons. The van der Waals surface area contributed by atoms with E-state index >= 15 is 0 Å². The van der Waals surface area contributed by atoms with Crippen molar-refractivity contribution in [2.45, 2.75) is 46.5 Å². The van der Waals surface area contributed by atoms with Crippen LogP contribution in [0.3, 0.4) is 0 Å². The molecule has 0 heterocycles. The standard InChI is InChI=1S/C14H25NOSi/c1-14(2,3)13(16-17(4)5)12-8-6-7-11(9-12)10-15/h6-9,13,17H,10,15H2,1-5H3. The molecule has 1 unspecified atom stereocenters. The maximum atomic E-state index is 6.20. The quantitative estimate of drug-likeness (QED) is 0.834. The highest BCUT2D eigenvalue weighted by Gasteiger charge is 2.27. The van der Waals surface area contributed by atoms with Crippen LogP contribution in [0.1, 0.15) is 38.0 Å². The van der Waals surface area contributed by atoms with Gasteiger partial charge in [-0.25, -0.2) is 0 Å². The molecule has 0 aliphatic rings. The molecule has 0 bridgehead atoms. The van der Waals surface area contributed by atoms with Gasteiger partial charge in [-0.3, -0.25) is 0 Å². The predicted octanol–water partition coefficient (Wildman–Crippen LogP) is 3.23. The van der Waals surface area contributed by atoms with Crippen molar-refractivity contribution in [3.8, 4) is 0 Å². The highest BCUT2D eigenvalue weighted by atomic mass is 28.3. The zero-order valence-electron chi connectivity index (χ0n) is 11.7. The molecule has 1 aromatic carbocycles. The second kappa shape index (κ2) is 5.80. The van der Waals surface area contributed by atoms with Crippen LogP contribution in [-0.4, -0.2) is 9.04 Å². The third-order valence-electron chi connectivity index (χ3n) is 2.68. The van der Waals surface area contributed by atoms with Crippen LogP contribution >= 0.6 is 0 Å². The minimum atomic E-state index is -1.05. The van der Waals surface area contributed by atoms with Gasteiger partial charge < -0.3 is 10.2 Å². The fourth-order valence-corrected chi connectivity index (χ4v) is 3.05. The zero-order chi connectivity index (χ0) is 13.1. The molecular weight excluding hydrogens is 226 g/mol. The van der Waals surface area contributed by atoms with Crippen LogP contribution in [0.5, 0.6) is 0 Å². The smallest absolute Gasteiger partial charge is 0.171 e. The molecule has 0 spiro atoms. The summed E-state index contributed by atoms with van der Waals surface area (Å²) in [7, 11) is -1.05. The highest BCUT2D eigenvalue weighted by molar-refractivity contribution is 6.48. The summed E-state index contributed by atoms with van der Waals surface area (Å²) in [5.41, 5.74) is 8.24. The van der Waals surface area contributed by atoms with Crippen molar-refractivity contribution >= 4 is 9.04 Å². The molecule has 0 saturated carbocycles. The normalized spacial score (nSPS) is 14.1. The number of rotatable bonds is 4. The Kier molecular flexibility index (Phi) is 4.92. The summed E-state index contributed by atoms with van der Waals surface area (Å²) in [6, 6.07) is 8.45. The molecule has 2 nitrogen and oxygen atoms in total. The fraction of sp³-hybridized carbons (Fsp3) is 0.571. The lowest BCUT2D eigenvalue weighted by Crippen LogP contribution is -2.26. The van der Waals surface area contributed by atoms with Crippen LogP contribution in [0.2, 0.25) is 13.1 Å². The van der Waals surface area contributed by atoms with E-state index in [0.717, 1.165) is 0 Å². The van der Waals surface area contributed by atoms with E-state index in [2.05, 4.69) is 58.1 Å². The molecule has 1 rings (SSSR count). The third-order valence-corrected chi connectivity index (χ3v) is 3.50. The number of hydrogen-bond donors (Lipinski definition) is 1. The van der Waals surface area contributed by atoms with Gasteiger partial charge >= 0.3 is 0 Å². The molecule has 0 fully saturated rings. The van der Waals surface area contributed by atoms with Crippen molar-refractivity contribution in [2.24, 2.45) is 11.1 Å². The van der Waals surface area contributed by atoms with Crippen LogP contribution in [0.4, 0.5) is 0 Å². The van der Waals surface area contributed by atoms with Gasteiger partial charge in [-0.15, -0.1) is 0 Å². The van der Waals surface area contributed by atoms with Crippen LogP contribution in [0.25, 0.3) is 0 Å². The summed E-state index contributed by atoms with van der Waals surface area (Å²) in [4.78, 5) is 0. The highest BCUT2D eigenvalue weighted by Crippen LogP contribution is 2.36. The minimum absolute atomic E-state index is 0.116. The number of hydrogen-bond acceptors (Lipinski definition) is 2. The first kappa shape index (κ1) is 14.4. The van der Waals surface area contributed by atoms with Crippen molar-refractivity contribution in [1.29, 1.82) is 0 Å². The topological polar surface area (TPSA) is 35.2 Å². The van der Waals surface area contributed by atoms with Gasteiger partial charge in [-0.2, -0.15) is 0 Å². The largest absolute Gasteiger partial charge is 0.413 e. The average molecular weight is 251 g/mol. The lowest BCUT2D eigenvalue weighted by atomic mass is 9.84. The summed E-state index contributed by atoms with van der Waals surface area (Å²) in [5.74, 6) is 0. The molecule has 0 aromatic heterocycles. The molecule has 0 saturated heterocycles. The Morgan fingerprint density at radius 1 is 1.29 bits per heavy atom. The Balaban J connectivity index is 3.04. The zero-order valence-corrected chi connectivity index (χ0v) is 12.8. The lowest BCUT2D eigenvalue weighted by molar-refractivity contribution is 0.0865. The van der Waals surface area contributed by atoms with E-state index in [1.54, 1.807) is 0 Å². The Morgan fingerprint density at radius 2 is 1.94 bits per heavy atom. The van der Waals surface area contributed by atoms with Crippen molar-refractivity contribution in [3.05, 3.63) is 35.4 Å². The predicted molar refractivity (Wildman–Crippen MR) is 76.5 cm³/mol. The second-order valence-corrected chi connectivity index (χ2v) is 8.25. The van der Waals surface area contributed by atoms with Crippen LogP contribution in [0, 0.1) is 5.41 Å². The summed E-state index contributed by atoms with van der Waals surface area (Å²) >= 11 is 0. The van der Waals surface area contributed by atoms with Gasteiger partial charge in [0, 0.05) is 6.54 Å². The lowest BCUT2D eigenvalue weighted by Gasteiger charge is -2.33. The van der Waals surface area contributed by atoms with Gasteiger partial charge in [0.15, 0.2) is 9.04 Å². The first-order valence-electron chi connectivity index (χ1n) is 6.29. The van der Waals surface area contributed by atoms with Crippen molar-refractivity contribution < 1.29 is 4.43 Å². The van der Waals surface area contributed by atoms with E-state index in [4.69, 9.17) is 10.2 Å². The first-order valence-corrected chi connectivity index (χ1v) is 9.07. The molecule has 0 amide bonds. The van der Waals surface area contributed by atoms with Gasteiger partial charge in [0.1, 0.15) is 0 Å². The second-order valence-electron chi connectivity index (χ2n) is 5.88. The summed E-state index contributed by atoms with van der Waals surface area (Å²) in [6.45, 7) is 11.7. The summed E-state index contributed by atoms with van der Waals surface area (Å²) < 4.78 is 6.20. The monoisotopic (exact) mass is 251 g/mol. The maximum Gasteiger partial charge on any atom is 0.171 e. The summed E-state index contributed by atoms with van der Waals surface area (Å²) in [5, 5.41) is 0. The number of nitrogens with two attached hydrogens (primary N) is 1. The molecule has 0 aliphatic heterocycles. The van der Waals surface area contributed by atoms with Crippen LogP contribution in [0.15, 0.2) is 24.3 Å². The molecule has 1 atom stereocenters. The maximum absolute atomic E-state index is 6.20. The molecule has 2 N–H and O–H groups in total. The van der Waals surface area contributed by atoms with Gasteiger partial charge in [-0.05, 0) is 29.6 Å². The average Bonchev–Trinajstić information content (AvgIpc) is 2.24. The van der Waals surface area contributed by atoms with Gasteiger partial charge in [0.05, 0.1) is 6.10 Å². The van der Waals surface area contributed by atoms with E-state index in [1.165, 1.54) is 11.1 Å². The van der Waals surface area contributed by atoms with Crippen LogP contribution in [-0.2, 0) is 11.0 Å². The third kappa shape index (κ3) is 4.26. The SMILES string of the molecule is C[SiH](C)OC(c1cccc(CN)c1)C(C)(C)C.